The van der Waals surface area contributed by atoms with Gasteiger partial charge in [-0.2, -0.15) is 4.31 Å². The number of esters is 1. The van der Waals surface area contributed by atoms with Crippen LogP contribution in [0.1, 0.15) is 108 Å². The molecule has 1 spiro atoms. The Kier molecular flexibility index (Phi) is 11.9. The van der Waals surface area contributed by atoms with Gasteiger partial charge < -0.3 is 19.4 Å². The van der Waals surface area contributed by atoms with Crippen molar-refractivity contribution in [1.82, 2.24) is 44.4 Å². The third-order valence-corrected chi connectivity index (χ3v) is 18.9. The molecule has 1 unspecified atom stereocenters. The zero-order chi connectivity index (χ0) is 48.3. The van der Waals surface area contributed by atoms with Crippen LogP contribution in [0, 0.1) is 23.2 Å². The summed E-state index contributed by atoms with van der Waals surface area (Å²) in [5.74, 6) is -0.903. The Hall–Kier alpha value is -4.30. The largest absolute Gasteiger partial charge is 0.464 e. The van der Waals surface area contributed by atoms with Crippen molar-refractivity contribution in [2.75, 3.05) is 59.2 Å². The van der Waals surface area contributed by atoms with Crippen molar-refractivity contribution in [3.05, 3.63) is 58.2 Å². The van der Waals surface area contributed by atoms with Crippen molar-refractivity contribution in [3.8, 4) is 22.5 Å². The molecular weight excluding hydrogens is 915 g/mol. The molecule has 16 nitrogen and oxygen atoms in total. The molecule has 4 aromatic rings. The SMILES string of the molecule is CO[C@@H](C)c1ncccc1-c1c2c3cc(ccc3n1C1CN(C3CC3)C1)-c1csc(n1)[C@@H](N1CC3(CCCN3S(C)(=O)=O)C1)[C@H](NC(=O)C1[C@@H](C)[C@H]1C)C(=O)N1CCC[C@H](N1)C(=O)OCC(C)(C)C2. The standard InChI is InChI=1S/C51H67N9O7S2/c1-29-30(2)41(29)46(61)54-43-45(57-26-51(27-57)17-10-20-59(51)69(7,64)65)47-53-39(25-68-47)32-13-16-40-36(21-32)37(22-50(4,5)28-67-49(63)38-12-9-19-58(55-38)48(43)62)44(35-11-8-18-52-42(35)31(3)66-6)60(40)34-23-56(24-34)33-14-15-33/h8,11,13,16,18,21,25,29-31,33-34,38,41,43,45,55H,9-10,12,14-15,17,19-20,22-24,26-28H2,1-7H3,(H,54,61)/t29-,30+,31-,38-,41?,43-,45-/m0/s1. The molecule has 7 atom stereocenters. The van der Waals surface area contributed by atoms with Gasteiger partial charge in [0.25, 0.3) is 5.91 Å². The molecule has 7 aliphatic rings. The number of cyclic esters (lactones) is 1. The highest BCUT2D eigenvalue weighted by atomic mass is 32.2. The number of likely N-dealkylation sites (tertiary alicyclic amines) is 2. The molecule has 0 radical (unpaired) electrons. The van der Waals surface area contributed by atoms with Gasteiger partial charge in [0.2, 0.25) is 15.9 Å². The number of hydrogen-bond acceptors (Lipinski definition) is 13. The number of carbonyl (C=O) groups excluding carboxylic acids is 3. The first kappa shape index (κ1) is 47.0. The van der Waals surface area contributed by atoms with E-state index < -0.39 is 45.1 Å². The molecule has 4 saturated heterocycles. The Morgan fingerprint density at radius 2 is 1.80 bits per heavy atom. The maximum atomic E-state index is 15.3. The van der Waals surface area contributed by atoms with Crippen LogP contribution in [0.5, 0.6) is 0 Å². The third-order valence-electron chi connectivity index (χ3n) is 16.7. The van der Waals surface area contributed by atoms with Crippen LogP contribution in [0.2, 0.25) is 0 Å². The zero-order valence-corrected chi connectivity index (χ0v) is 42.6. The molecule has 11 rings (SSSR count). The minimum atomic E-state index is -3.50. The fourth-order valence-corrected chi connectivity index (χ4v) is 14.8. The van der Waals surface area contributed by atoms with Crippen molar-refractivity contribution in [2.24, 2.45) is 23.2 Å². The lowest BCUT2D eigenvalue weighted by Crippen LogP contribution is -2.71. The van der Waals surface area contributed by atoms with Crippen LogP contribution >= 0.6 is 11.3 Å². The first-order valence-electron chi connectivity index (χ1n) is 25.1. The number of pyridine rings is 1. The molecule has 2 amide bonds. The van der Waals surface area contributed by atoms with Gasteiger partial charge in [-0.1, -0.05) is 33.8 Å². The summed E-state index contributed by atoms with van der Waals surface area (Å²) in [7, 11) is -1.79. The third kappa shape index (κ3) is 8.42. The van der Waals surface area contributed by atoms with Crippen LogP contribution in [0.3, 0.4) is 0 Å². The van der Waals surface area contributed by atoms with Crippen LogP contribution < -0.4 is 10.7 Å². The van der Waals surface area contributed by atoms with E-state index in [-0.39, 0.29) is 48.3 Å². The van der Waals surface area contributed by atoms with E-state index in [1.807, 2.05) is 24.6 Å². The van der Waals surface area contributed by atoms with Gasteiger partial charge in [0, 0.05) is 97.4 Å². The topological polar surface area (TPSA) is 172 Å². The number of benzene rings is 1. The molecule has 18 heteroatoms. The molecule has 2 saturated carbocycles. The summed E-state index contributed by atoms with van der Waals surface area (Å²) in [5.41, 5.74) is 9.02. The smallest absolute Gasteiger partial charge is 0.324 e. The summed E-state index contributed by atoms with van der Waals surface area (Å²) >= 11 is 1.45. The number of hydrazine groups is 1. The minimum Gasteiger partial charge on any atom is -0.464 e. The van der Waals surface area contributed by atoms with Gasteiger partial charge in [-0.15, -0.1) is 11.3 Å². The first-order valence-corrected chi connectivity index (χ1v) is 27.8. The van der Waals surface area contributed by atoms with Crippen LogP contribution in [-0.2, 0) is 40.3 Å². The van der Waals surface area contributed by atoms with Crippen LogP contribution in [0.15, 0.2) is 41.9 Å². The molecule has 69 heavy (non-hydrogen) atoms. The molecule has 8 heterocycles. The second-order valence-corrected chi connectivity index (χ2v) is 25.0. The second kappa shape index (κ2) is 17.5. The van der Waals surface area contributed by atoms with Gasteiger partial charge in [-0.05, 0) is 93.5 Å². The summed E-state index contributed by atoms with van der Waals surface area (Å²) in [5, 5.41) is 8.51. The fraction of sp³-hybridized carbons (Fsp3) is 0.627. The first-order chi connectivity index (χ1) is 32.9. The van der Waals surface area contributed by atoms with E-state index in [4.69, 9.17) is 19.4 Å². The summed E-state index contributed by atoms with van der Waals surface area (Å²) in [6.07, 6.45) is 8.39. The van der Waals surface area contributed by atoms with Crippen molar-refractivity contribution in [2.45, 2.75) is 121 Å². The minimum absolute atomic E-state index is 0.145. The fourth-order valence-electron chi connectivity index (χ4n) is 12.4. The molecule has 2 aliphatic carbocycles. The van der Waals surface area contributed by atoms with E-state index in [9.17, 15) is 18.0 Å². The predicted octanol–water partition coefficient (Wildman–Crippen LogP) is 5.71. The van der Waals surface area contributed by atoms with E-state index in [0.717, 1.165) is 64.2 Å². The molecule has 6 bridgehead atoms. The Labute approximate surface area is 409 Å². The van der Waals surface area contributed by atoms with E-state index in [2.05, 4.69) is 77.1 Å². The highest BCUT2D eigenvalue weighted by Crippen LogP contribution is 2.49. The normalized spacial score (nSPS) is 29.3. The molecule has 3 aromatic heterocycles. The Balaban J connectivity index is 1.07. The van der Waals surface area contributed by atoms with Gasteiger partial charge in [0.15, 0.2) is 0 Å². The lowest BCUT2D eigenvalue weighted by molar-refractivity contribution is -0.156. The van der Waals surface area contributed by atoms with E-state index in [1.165, 1.54) is 35.4 Å². The number of nitrogens with zero attached hydrogens (tertiary/aromatic N) is 7. The van der Waals surface area contributed by atoms with Gasteiger partial charge in [-0.25, -0.2) is 18.8 Å². The molecule has 6 fully saturated rings. The van der Waals surface area contributed by atoms with Gasteiger partial charge in [-0.3, -0.25) is 34.2 Å². The maximum absolute atomic E-state index is 15.3. The molecule has 370 valence electrons. The summed E-state index contributed by atoms with van der Waals surface area (Å²) in [4.78, 5) is 58.8. The Morgan fingerprint density at radius 1 is 1.03 bits per heavy atom. The quantitative estimate of drug-likeness (QED) is 0.196. The number of aromatic nitrogens is 3. The summed E-state index contributed by atoms with van der Waals surface area (Å²) in [6, 6.07) is 9.06. The number of fused-ring (bicyclic) bond motifs is 6. The van der Waals surface area contributed by atoms with E-state index in [1.54, 1.807) is 11.4 Å². The molecule has 5 aliphatic heterocycles. The van der Waals surface area contributed by atoms with Crippen LogP contribution in [-0.4, -0.2) is 143 Å². The van der Waals surface area contributed by atoms with Gasteiger partial charge >= 0.3 is 5.97 Å². The van der Waals surface area contributed by atoms with Gasteiger partial charge in [0.05, 0.1) is 53.7 Å². The number of methoxy groups -OCH3 is 1. The molecule has 1 aromatic carbocycles. The average Bonchev–Trinajstić information content (AvgIpc) is 4.02. The zero-order valence-electron chi connectivity index (χ0n) is 40.9. The van der Waals surface area contributed by atoms with E-state index in [0.29, 0.717) is 62.9 Å². The van der Waals surface area contributed by atoms with Crippen molar-refractivity contribution in [3.63, 3.8) is 0 Å². The van der Waals surface area contributed by atoms with Crippen LogP contribution in [0.4, 0.5) is 0 Å². The molecular formula is C51H67N9O7S2. The number of amides is 2. The molecule has 2 N–H and O–H groups in total. The average molecular weight is 982 g/mol. The lowest BCUT2D eigenvalue weighted by atomic mass is 9.84. The lowest BCUT2D eigenvalue weighted by Gasteiger charge is -2.55. The van der Waals surface area contributed by atoms with Crippen molar-refractivity contribution < 1.29 is 32.3 Å². The van der Waals surface area contributed by atoms with Crippen molar-refractivity contribution >= 4 is 50.0 Å². The van der Waals surface area contributed by atoms with Gasteiger partial charge in [0.1, 0.15) is 17.1 Å². The highest BCUT2D eigenvalue weighted by Gasteiger charge is 2.58. The number of ether oxygens (including phenoxy) is 2. The summed E-state index contributed by atoms with van der Waals surface area (Å²) < 4.78 is 42.7. The number of rotatable bonds is 9. The number of nitrogens with one attached hydrogen (secondary N) is 2. The Morgan fingerprint density at radius 3 is 2.51 bits per heavy atom. The number of thiazole rings is 1. The maximum Gasteiger partial charge on any atom is 0.324 e. The number of hydrogen-bond donors (Lipinski definition) is 2. The monoisotopic (exact) mass is 981 g/mol. The number of sulfonamides is 1. The predicted molar refractivity (Wildman–Crippen MR) is 263 cm³/mol. The second-order valence-electron chi connectivity index (χ2n) is 22.2. The van der Waals surface area contributed by atoms with E-state index >= 15 is 4.79 Å². The van der Waals surface area contributed by atoms with Crippen LogP contribution in [0.25, 0.3) is 33.4 Å². The van der Waals surface area contributed by atoms with Crippen molar-refractivity contribution in [1.29, 1.82) is 0 Å². The Bertz CT molecular complexity index is 2790. The number of carbonyl (C=O) groups is 3. The highest BCUT2D eigenvalue weighted by molar-refractivity contribution is 7.88. The summed E-state index contributed by atoms with van der Waals surface area (Å²) in [6.45, 7) is 14.0.